The van der Waals surface area contributed by atoms with Crippen LogP contribution in [0.4, 0.5) is 0 Å². The Balaban J connectivity index is 2.31. The highest BCUT2D eigenvalue weighted by atomic mass is 13.9. The van der Waals surface area contributed by atoms with E-state index in [1.54, 1.807) is 0 Å². The highest BCUT2D eigenvalue weighted by Gasteiger charge is 1.86. The average molecular weight is 161 g/mol. The molecular formula is C12H17. The molecule has 0 aromatic carbocycles. The SMILES string of the molecule is [CH]1CCC=CC=CCC=CCC1. The van der Waals surface area contributed by atoms with Crippen LogP contribution >= 0.6 is 0 Å². The monoisotopic (exact) mass is 161 g/mol. The molecule has 0 amide bonds. The van der Waals surface area contributed by atoms with Gasteiger partial charge in [0.15, 0.2) is 0 Å². The van der Waals surface area contributed by atoms with Crippen molar-refractivity contribution >= 4 is 0 Å². The summed E-state index contributed by atoms with van der Waals surface area (Å²) in [5.74, 6) is 0. The van der Waals surface area contributed by atoms with Gasteiger partial charge in [0.1, 0.15) is 0 Å². The second kappa shape index (κ2) is 6.90. The first kappa shape index (κ1) is 9.31. The van der Waals surface area contributed by atoms with Gasteiger partial charge >= 0.3 is 0 Å². The molecule has 0 nitrogen and oxygen atoms in total. The van der Waals surface area contributed by atoms with Crippen molar-refractivity contribution in [3.8, 4) is 0 Å². The quantitative estimate of drug-likeness (QED) is 0.474. The van der Waals surface area contributed by atoms with Gasteiger partial charge in [-0.05, 0) is 38.5 Å². The van der Waals surface area contributed by atoms with Crippen LogP contribution in [0.15, 0.2) is 36.5 Å². The summed E-state index contributed by atoms with van der Waals surface area (Å²) in [5, 5.41) is 0. The number of hydrogen-bond donors (Lipinski definition) is 0. The molecule has 0 unspecified atom stereocenters. The van der Waals surface area contributed by atoms with E-state index in [1.165, 1.54) is 25.7 Å². The van der Waals surface area contributed by atoms with Gasteiger partial charge in [-0.15, -0.1) is 0 Å². The van der Waals surface area contributed by atoms with E-state index >= 15 is 0 Å². The molecule has 0 N–H and O–H groups in total. The summed E-state index contributed by atoms with van der Waals surface area (Å²) in [5.41, 5.74) is 0. The number of rotatable bonds is 0. The zero-order chi connectivity index (χ0) is 8.49. The van der Waals surface area contributed by atoms with Gasteiger partial charge in [0.25, 0.3) is 0 Å². The Bertz CT molecular complexity index is 172. The van der Waals surface area contributed by atoms with Gasteiger partial charge in [0.05, 0.1) is 0 Å². The lowest BCUT2D eigenvalue weighted by molar-refractivity contribution is 0.855. The summed E-state index contributed by atoms with van der Waals surface area (Å²) in [4.78, 5) is 0. The van der Waals surface area contributed by atoms with E-state index in [9.17, 15) is 0 Å². The Hall–Kier alpha value is -0.780. The molecule has 0 aliphatic heterocycles. The molecule has 1 aliphatic carbocycles. The van der Waals surface area contributed by atoms with Crippen molar-refractivity contribution in [2.75, 3.05) is 0 Å². The molecule has 1 radical (unpaired) electrons. The maximum atomic E-state index is 2.38. The lowest BCUT2D eigenvalue weighted by Crippen LogP contribution is -1.76. The van der Waals surface area contributed by atoms with E-state index in [4.69, 9.17) is 0 Å². The van der Waals surface area contributed by atoms with Gasteiger partial charge < -0.3 is 0 Å². The minimum atomic E-state index is 1.07. The van der Waals surface area contributed by atoms with Crippen molar-refractivity contribution in [2.24, 2.45) is 0 Å². The van der Waals surface area contributed by atoms with Crippen molar-refractivity contribution in [1.82, 2.24) is 0 Å². The minimum Gasteiger partial charge on any atom is -0.0882 e. The van der Waals surface area contributed by atoms with E-state index in [2.05, 4.69) is 42.9 Å². The average Bonchev–Trinajstić information content (AvgIpc) is 2.05. The molecule has 0 aromatic heterocycles. The molecule has 0 saturated heterocycles. The van der Waals surface area contributed by atoms with Crippen LogP contribution in [0.2, 0.25) is 0 Å². The van der Waals surface area contributed by atoms with Gasteiger partial charge in [-0.2, -0.15) is 0 Å². The third-order valence-electron chi connectivity index (χ3n) is 1.90. The van der Waals surface area contributed by atoms with Crippen LogP contribution in [0.3, 0.4) is 0 Å². The van der Waals surface area contributed by atoms with Crippen LogP contribution in [0.5, 0.6) is 0 Å². The second-order valence-corrected chi connectivity index (χ2v) is 3.01. The Labute approximate surface area is 75.7 Å². The predicted molar refractivity (Wildman–Crippen MR) is 54.8 cm³/mol. The number of hydrogen-bond acceptors (Lipinski definition) is 0. The zero-order valence-corrected chi connectivity index (χ0v) is 7.58. The first-order valence-corrected chi connectivity index (χ1v) is 4.78. The summed E-state index contributed by atoms with van der Waals surface area (Å²) in [6.07, 6.45) is 21.5. The van der Waals surface area contributed by atoms with Gasteiger partial charge in [0, 0.05) is 0 Å². The summed E-state index contributed by atoms with van der Waals surface area (Å²) < 4.78 is 0. The van der Waals surface area contributed by atoms with Crippen molar-refractivity contribution in [3.05, 3.63) is 42.9 Å². The van der Waals surface area contributed by atoms with Crippen molar-refractivity contribution in [2.45, 2.75) is 32.1 Å². The highest BCUT2D eigenvalue weighted by Crippen LogP contribution is 2.04. The third kappa shape index (κ3) is 4.95. The fourth-order valence-corrected chi connectivity index (χ4v) is 1.20. The fourth-order valence-electron chi connectivity index (χ4n) is 1.20. The lowest BCUT2D eigenvalue weighted by atomic mass is 10.1. The Morgan fingerprint density at radius 1 is 0.583 bits per heavy atom. The van der Waals surface area contributed by atoms with Gasteiger partial charge in [-0.3, -0.25) is 0 Å². The number of allylic oxidation sites excluding steroid dienone is 6. The molecule has 1 aliphatic rings. The third-order valence-corrected chi connectivity index (χ3v) is 1.90. The molecule has 65 valence electrons. The summed E-state index contributed by atoms with van der Waals surface area (Å²) >= 11 is 0. The molecule has 0 atom stereocenters. The van der Waals surface area contributed by atoms with E-state index in [0.29, 0.717) is 0 Å². The van der Waals surface area contributed by atoms with Crippen molar-refractivity contribution in [1.29, 1.82) is 0 Å². The zero-order valence-electron chi connectivity index (χ0n) is 7.58. The molecule has 12 heavy (non-hydrogen) atoms. The van der Waals surface area contributed by atoms with Gasteiger partial charge in [-0.1, -0.05) is 36.5 Å². The Kier molecular flexibility index (Phi) is 5.35. The van der Waals surface area contributed by atoms with Crippen LogP contribution in [0, 0.1) is 6.42 Å². The molecular weight excluding hydrogens is 144 g/mol. The molecule has 0 saturated carbocycles. The Morgan fingerprint density at radius 2 is 1.33 bits per heavy atom. The molecule has 0 heterocycles. The molecule has 0 heteroatoms. The molecule has 0 bridgehead atoms. The van der Waals surface area contributed by atoms with Crippen LogP contribution in [-0.2, 0) is 0 Å². The molecule has 0 fully saturated rings. The second-order valence-electron chi connectivity index (χ2n) is 3.01. The molecule has 0 aromatic rings. The van der Waals surface area contributed by atoms with Crippen LogP contribution in [-0.4, -0.2) is 0 Å². The highest BCUT2D eigenvalue weighted by molar-refractivity contribution is 5.05. The predicted octanol–water partition coefficient (Wildman–Crippen LogP) is 3.82. The topological polar surface area (TPSA) is 0 Å². The fraction of sp³-hybridized carbons (Fsp3) is 0.417. The van der Waals surface area contributed by atoms with Crippen molar-refractivity contribution < 1.29 is 0 Å². The van der Waals surface area contributed by atoms with Crippen LogP contribution < -0.4 is 0 Å². The minimum absolute atomic E-state index is 1.07. The summed E-state index contributed by atoms with van der Waals surface area (Å²) in [6, 6.07) is 0. The molecule has 1 rings (SSSR count). The van der Waals surface area contributed by atoms with Gasteiger partial charge in [0.2, 0.25) is 0 Å². The summed E-state index contributed by atoms with van der Waals surface area (Å²) in [6.45, 7) is 0. The van der Waals surface area contributed by atoms with E-state index in [0.717, 1.165) is 6.42 Å². The first-order valence-electron chi connectivity index (χ1n) is 4.78. The normalized spacial score (nSPS) is 20.0. The largest absolute Gasteiger partial charge is 0.0882 e. The standard InChI is InChI=1S/C12H17/c1-2-4-6-8-10-12-11-9-7-5-3-1/h1-4,7,9-10H,5-6,8,11-12H2. The first-order chi connectivity index (χ1) is 6.00. The van der Waals surface area contributed by atoms with E-state index in [-0.39, 0.29) is 0 Å². The van der Waals surface area contributed by atoms with Crippen LogP contribution in [0.1, 0.15) is 32.1 Å². The van der Waals surface area contributed by atoms with E-state index < -0.39 is 0 Å². The smallest absolute Gasteiger partial charge is 0.0166 e. The maximum absolute atomic E-state index is 2.38. The molecule has 0 spiro atoms. The summed E-state index contributed by atoms with van der Waals surface area (Å²) in [7, 11) is 0. The van der Waals surface area contributed by atoms with Gasteiger partial charge in [-0.25, -0.2) is 0 Å². The van der Waals surface area contributed by atoms with E-state index in [1.807, 2.05) is 0 Å². The Morgan fingerprint density at radius 3 is 2.25 bits per heavy atom. The maximum Gasteiger partial charge on any atom is -0.0166 e. The lowest BCUT2D eigenvalue weighted by Gasteiger charge is -1.95. The van der Waals surface area contributed by atoms with Crippen LogP contribution in [0.25, 0.3) is 0 Å². The van der Waals surface area contributed by atoms with Crippen molar-refractivity contribution in [3.63, 3.8) is 0 Å².